The van der Waals surface area contributed by atoms with Gasteiger partial charge in [0.25, 0.3) is 0 Å². The first kappa shape index (κ1) is 19.8. The van der Waals surface area contributed by atoms with E-state index in [0.29, 0.717) is 0 Å². The number of rotatable bonds is 1. The minimum absolute atomic E-state index is 0.989. The fourth-order valence-corrected chi connectivity index (χ4v) is 8.97. The molecule has 5 aromatic rings. The molecule has 3 heteroatoms. The van der Waals surface area contributed by atoms with Crippen LogP contribution in [-0.2, 0) is 7.05 Å². The first-order valence-corrected chi connectivity index (χ1v) is 18.7. The Labute approximate surface area is 191 Å². The first-order chi connectivity index (χ1) is 15.3. The van der Waals surface area contributed by atoms with Gasteiger partial charge in [-0.05, 0) is 0 Å². The minimum atomic E-state index is -2.06. The van der Waals surface area contributed by atoms with Gasteiger partial charge in [0.1, 0.15) is 0 Å². The molecule has 158 valence electrons. The van der Waals surface area contributed by atoms with Crippen molar-refractivity contribution in [1.29, 1.82) is 0 Å². The molecule has 2 heterocycles. The molecule has 0 atom stereocenters. The molecule has 0 radical (unpaired) electrons. The van der Waals surface area contributed by atoms with E-state index in [0.717, 1.165) is 11.5 Å². The van der Waals surface area contributed by atoms with Gasteiger partial charge < -0.3 is 0 Å². The quantitative estimate of drug-likeness (QED) is 0.142. The fraction of sp³-hybridized carbons (Fsp3) is 0.207. The Morgan fingerprint density at radius 3 is 2.16 bits per heavy atom. The second-order valence-electron chi connectivity index (χ2n) is 10.2. The number of pyridine rings is 1. The van der Waals surface area contributed by atoms with E-state index in [4.69, 9.17) is 4.74 Å². The number of aromatic nitrogens is 1. The van der Waals surface area contributed by atoms with E-state index >= 15 is 0 Å². The van der Waals surface area contributed by atoms with E-state index < -0.39 is 13.3 Å². The number of hydrogen-bond donors (Lipinski definition) is 0. The third kappa shape index (κ3) is 2.56. The standard InChI is InChI=1S/C29H28GeNO/c1-17-19-10-7-8-11-20(19)18(2)29-26(17)28-27-22(14-15-31(28)6)21-12-9-13-24(30(3,4)5)23(21)16-25(27)32-29/h7-16H,1-6H3/q+1. The predicted molar refractivity (Wildman–Crippen MR) is 138 cm³/mol. The van der Waals surface area contributed by atoms with Crippen molar-refractivity contribution in [3.05, 3.63) is 71.9 Å². The summed E-state index contributed by atoms with van der Waals surface area (Å²) in [4.78, 5) is 0. The van der Waals surface area contributed by atoms with Crippen molar-refractivity contribution in [3.8, 4) is 22.8 Å². The Balaban J connectivity index is 1.83. The summed E-state index contributed by atoms with van der Waals surface area (Å²) in [6.07, 6.45) is 2.21. The SMILES string of the molecule is Cc1c2c(c(C)c3ccccc13)-c1c3c(cc4[c]([Ge]([CH3])([CH3])[CH3])cccc4c3cc[n+]1C)O2. The number of hydrogen-bond acceptors (Lipinski definition) is 1. The van der Waals surface area contributed by atoms with Crippen LogP contribution in [0, 0.1) is 13.8 Å². The summed E-state index contributed by atoms with van der Waals surface area (Å²) in [5, 5.41) is 7.79. The third-order valence-electron chi connectivity index (χ3n) is 7.18. The van der Waals surface area contributed by atoms with Gasteiger partial charge in [-0.1, -0.05) is 0 Å². The van der Waals surface area contributed by atoms with Crippen LogP contribution in [-0.4, -0.2) is 13.3 Å². The normalized spacial score (nSPS) is 12.9. The molecule has 1 aromatic heterocycles. The summed E-state index contributed by atoms with van der Waals surface area (Å²) in [6.45, 7) is 4.43. The summed E-state index contributed by atoms with van der Waals surface area (Å²) in [5.41, 5.74) is 4.99. The van der Waals surface area contributed by atoms with Gasteiger partial charge in [0.05, 0.1) is 0 Å². The van der Waals surface area contributed by atoms with Crippen LogP contribution < -0.4 is 13.7 Å². The van der Waals surface area contributed by atoms with Crippen LogP contribution >= 0.6 is 0 Å². The topological polar surface area (TPSA) is 13.1 Å². The number of aryl methyl sites for hydroxylation is 3. The van der Waals surface area contributed by atoms with Crippen LogP contribution in [0.2, 0.25) is 17.3 Å². The molecule has 0 saturated heterocycles. The Morgan fingerprint density at radius 1 is 0.750 bits per heavy atom. The molecule has 0 spiro atoms. The first-order valence-electron chi connectivity index (χ1n) is 11.4. The van der Waals surface area contributed by atoms with Crippen molar-refractivity contribution < 1.29 is 9.30 Å². The third-order valence-corrected chi connectivity index (χ3v) is 11.5. The maximum atomic E-state index is 6.81. The van der Waals surface area contributed by atoms with Gasteiger partial charge in [-0.2, -0.15) is 0 Å². The molecule has 0 amide bonds. The summed E-state index contributed by atoms with van der Waals surface area (Å²) in [5.74, 6) is 9.40. The molecule has 0 aliphatic carbocycles. The predicted octanol–water partition coefficient (Wildman–Crippen LogP) is 6.91. The molecule has 2 nitrogen and oxygen atoms in total. The van der Waals surface area contributed by atoms with E-state index in [1.165, 1.54) is 59.1 Å². The molecule has 0 unspecified atom stereocenters. The van der Waals surface area contributed by atoms with Crippen molar-refractivity contribution in [2.45, 2.75) is 31.1 Å². The Hall–Kier alpha value is -2.85. The van der Waals surface area contributed by atoms with Gasteiger partial charge in [-0.3, -0.25) is 0 Å². The number of ether oxygens (including phenoxy) is 1. The summed E-state index contributed by atoms with van der Waals surface area (Å²) in [7, 11) is 2.16. The molecular formula is C29H28GeNO+. The number of fused-ring (bicyclic) bond motifs is 5. The van der Waals surface area contributed by atoms with Crippen molar-refractivity contribution in [1.82, 2.24) is 0 Å². The molecule has 0 saturated carbocycles. The van der Waals surface area contributed by atoms with Gasteiger partial charge in [-0.15, -0.1) is 0 Å². The summed E-state index contributed by atoms with van der Waals surface area (Å²) >= 11 is -2.06. The number of nitrogens with zero attached hydrogens (tertiary/aromatic N) is 1. The molecule has 0 N–H and O–H groups in total. The number of benzene rings is 4. The van der Waals surface area contributed by atoms with E-state index in [-0.39, 0.29) is 0 Å². The zero-order valence-corrected chi connectivity index (χ0v) is 21.7. The van der Waals surface area contributed by atoms with Gasteiger partial charge in [0.2, 0.25) is 0 Å². The maximum absolute atomic E-state index is 6.81. The molecule has 0 bridgehead atoms. The second-order valence-corrected chi connectivity index (χ2v) is 20.8. The van der Waals surface area contributed by atoms with Gasteiger partial charge >= 0.3 is 192 Å². The van der Waals surface area contributed by atoms with E-state index in [9.17, 15) is 0 Å². The fourth-order valence-electron chi connectivity index (χ4n) is 5.59. The van der Waals surface area contributed by atoms with Gasteiger partial charge in [0, 0.05) is 0 Å². The molecule has 4 aromatic carbocycles. The van der Waals surface area contributed by atoms with Crippen LogP contribution in [0.5, 0.6) is 11.5 Å². The van der Waals surface area contributed by atoms with Crippen LogP contribution in [0.15, 0.2) is 60.8 Å². The monoisotopic (exact) mass is 480 g/mol. The van der Waals surface area contributed by atoms with Crippen LogP contribution in [0.1, 0.15) is 11.1 Å². The van der Waals surface area contributed by atoms with Crippen LogP contribution in [0.25, 0.3) is 43.6 Å². The van der Waals surface area contributed by atoms with E-state index in [2.05, 4.69) is 104 Å². The van der Waals surface area contributed by atoms with Crippen molar-refractivity contribution in [2.75, 3.05) is 0 Å². The van der Waals surface area contributed by atoms with Crippen molar-refractivity contribution in [2.24, 2.45) is 7.05 Å². The van der Waals surface area contributed by atoms with Gasteiger partial charge in [-0.25, -0.2) is 0 Å². The summed E-state index contributed by atoms with van der Waals surface area (Å²) in [6, 6.07) is 20.1. The Bertz CT molecular complexity index is 1610. The molecule has 0 fully saturated rings. The Kier molecular flexibility index (Phi) is 4.08. The average molecular weight is 479 g/mol. The Morgan fingerprint density at radius 2 is 1.44 bits per heavy atom. The second kappa shape index (κ2) is 6.58. The zero-order valence-electron chi connectivity index (χ0n) is 19.6. The van der Waals surface area contributed by atoms with Crippen molar-refractivity contribution >= 4 is 50.0 Å². The molecule has 32 heavy (non-hydrogen) atoms. The zero-order chi connectivity index (χ0) is 22.4. The molecular weight excluding hydrogens is 451 g/mol. The molecule has 6 rings (SSSR count). The van der Waals surface area contributed by atoms with Gasteiger partial charge in [0.15, 0.2) is 0 Å². The van der Waals surface area contributed by atoms with E-state index in [1.807, 2.05) is 0 Å². The van der Waals surface area contributed by atoms with Crippen LogP contribution in [0.3, 0.4) is 0 Å². The van der Waals surface area contributed by atoms with Crippen molar-refractivity contribution in [3.63, 3.8) is 0 Å². The molecule has 1 aliphatic rings. The average Bonchev–Trinajstić information content (AvgIpc) is 2.77. The van der Waals surface area contributed by atoms with Crippen LogP contribution in [0.4, 0.5) is 0 Å². The molecule has 1 aliphatic heterocycles. The summed E-state index contributed by atoms with van der Waals surface area (Å²) < 4.78 is 10.6. The van der Waals surface area contributed by atoms with E-state index in [1.54, 1.807) is 0 Å².